The maximum Gasteiger partial charge on any atom is 0.224 e. The quantitative estimate of drug-likeness (QED) is 0.626. The smallest absolute Gasteiger partial charge is 0.224 e. The van der Waals surface area contributed by atoms with Gasteiger partial charge in [0.1, 0.15) is 17.8 Å². The molecule has 7 nitrogen and oxygen atoms in total. The summed E-state index contributed by atoms with van der Waals surface area (Å²) in [7, 11) is 0. The number of hydrogen-bond donors (Lipinski definition) is 2. The van der Waals surface area contributed by atoms with Crippen LogP contribution in [0, 0.1) is 5.92 Å². The zero-order chi connectivity index (χ0) is 21.8. The topological polar surface area (TPSA) is 77.2 Å². The summed E-state index contributed by atoms with van der Waals surface area (Å²) in [6.45, 7) is 4.69. The van der Waals surface area contributed by atoms with Gasteiger partial charge in [0.25, 0.3) is 0 Å². The summed E-state index contributed by atoms with van der Waals surface area (Å²) in [5.41, 5.74) is 2.17. The number of anilines is 1. The highest BCUT2D eigenvalue weighted by Crippen LogP contribution is 2.28. The van der Waals surface area contributed by atoms with Crippen molar-refractivity contribution in [1.29, 1.82) is 0 Å². The van der Waals surface area contributed by atoms with E-state index in [-0.39, 0.29) is 11.8 Å². The molecule has 5 rings (SSSR count). The largest absolute Gasteiger partial charge is 0.356 e. The Labute approximate surface area is 189 Å². The van der Waals surface area contributed by atoms with Crippen molar-refractivity contribution < 1.29 is 4.79 Å². The molecule has 0 aliphatic carbocycles. The third-order valence-electron chi connectivity index (χ3n) is 6.99. The molecule has 3 aromatic rings. The molecule has 0 radical (unpaired) electrons. The average Bonchev–Trinajstić information content (AvgIpc) is 3.34. The third kappa shape index (κ3) is 4.63. The van der Waals surface area contributed by atoms with Gasteiger partial charge < -0.3 is 15.2 Å². The fourth-order valence-corrected chi connectivity index (χ4v) is 5.22. The summed E-state index contributed by atoms with van der Waals surface area (Å²) in [6.07, 6.45) is 8.78. The van der Waals surface area contributed by atoms with Gasteiger partial charge in [0.05, 0.1) is 11.3 Å². The zero-order valence-electron chi connectivity index (χ0n) is 18.5. The highest BCUT2D eigenvalue weighted by atomic mass is 16.1. The van der Waals surface area contributed by atoms with Crippen molar-refractivity contribution in [1.82, 2.24) is 25.2 Å². The van der Waals surface area contributed by atoms with Gasteiger partial charge in [-0.2, -0.15) is 0 Å². The molecule has 32 heavy (non-hydrogen) atoms. The Morgan fingerprint density at radius 2 is 1.91 bits per heavy atom. The molecule has 2 saturated heterocycles. The molecule has 0 saturated carbocycles. The van der Waals surface area contributed by atoms with Crippen LogP contribution in [0.3, 0.4) is 0 Å². The predicted octanol–water partition coefficient (Wildman–Crippen LogP) is 3.00. The van der Waals surface area contributed by atoms with Crippen LogP contribution in [0.1, 0.15) is 31.2 Å². The molecule has 2 aliphatic heterocycles. The number of nitrogens with one attached hydrogen (secondary N) is 2. The molecule has 1 amide bonds. The van der Waals surface area contributed by atoms with Crippen LogP contribution < -0.4 is 10.2 Å². The minimum atomic E-state index is 0.110. The maximum atomic E-state index is 12.8. The number of likely N-dealkylation sites (tertiary alicyclic amines) is 1. The number of H-pyrrole nitrogens is 1. The van der Waals surface area contributed by atoms with E-state index in [9.17, 15) is 4.79 Å². The van der Waals surface area contributed by atoms with Crippen molar-refractivity contribution in [2.24, 2.45) is 5.92 Å². The summed E-state index contributed by atoms with van der Waals surface area (Å²) < 4.78 is 0. The molecular formula is C25H32N6O. The normalized spacial score (nSPS) is 20.5. The van der Waals surface area contributed by atoms with E-state index >= 15 is 0 Å². The van der Waals surface area contributed by atoms with E-state index in [2.05, 4.69) is 48.3 Å². The van der Waals surface area contributed by atoms with Crippen molar-refractivity contribution in [2.75, 3.05) is 37.6 Å². The van der Waals surface area contributed by atoms with E-state index in [1.165, 1.54) is 5.56 Å². The summed E-state index contributed by atoms with van der Waals surface area (Å²) in [5, 5.41) is 4.27. The number of aromatic nitrogens is 3. The fraction of sp³-hybridized carbons (Fsp3) is 0.480. The van der Waals surface area contributed by atoms with Gasteiger partial charge in [0, 0.05) is 38.4 Å². The summed E-state index contributed by atoms with van der Waals surface area (Å²) in [6, 6.07) is 13.0. The lowest BCUT2D eigenvalue weighted by molar-refractivity contribution is -0.127. The predicted molar refractivity (Wildman–Crippen MR) is 127 cm³/mol. The summed E-state index contributed by atoms with van der Waals surface area (Å²) in [4.78, 5) is 29.8. The second-order valence-corrected chi connectivity index (χ2v) is 9.02. The Morgan fingerprint density at radius 1 is 1.06 bits per heavy atom. The van der Waals surface area contributed by atoms with E-state index in [0.29, 0.717) is 12.6 Å². The number of amides is 1. The van der Waals surface area contributed by atoms with Crippen LogP contribution in [-0.2, 0) is 11.2 Å². The molecule has 1 atom stereocenters. The van der Waals surface area contributed by atoms with Crippen molar-refractivity contribution in [3.8, 4) is 0 Å². The maximum absolute atomic E-state index is 12.8. The van der Waals surface area contributed by atoms with E-state index in [4.69, 9.17) is 0 Å². The van der Waals surface area contributed by atoms with Crippen molar-refractivity contribution >= 4 is 22.8 Å². The van der Waals surface area contributed by atoms with Gasteiger partial charge in [-0.3, -0.25) is 9.69 Å². The van der Waals surface area contributed by atoms with Gasteiger partial charge in [0.2, 0.25) is 5.91 Å². The van der Waals surface area contributed by atoms with Crippen molar-refractivity contribution in [3.05, 3.63) is 54.5 Å². The SMILES string of the molecule is O=C(NCCc1ccccc1)[C@H]1CCCN(C2CCN(c3ncnc4[nH]ccc34)CC2)C1. The van der Waals surface area contributed by atoms with Crippen LogP contribution in [0.4, 0.5) is 5.82 Å². The molecule has 0 bridgehead atoms. The van der Waals surface area contributed by atoms with Gasteiger partial charge in [-0.05, 0) is 50.3 Å². The van der Waals surface area contributed by atoms with Crippen LogP contribution in [0.25, 0.3) is 11.0 Å². The number of carbonyl (C=O) groups is 1. The Kier molecular flexibility index (Phi) is 6.34. The lowest BCUT2D eigenvalue weighted by atomic mass is 9.93. The molecule has 1 aromatic carbocycles. The number of rotatable bonds is 6. The van der Waals surface area contributed by atoms with Crippen LogP contribution in [0.2, 0.25) is 0 Å². The first-order valence-corrected chi connectivity index (χ1v) is 11.9. The molecule has 2 aliphatic rings. The molecule has 168 valence electrons. The average molecular weight is 433 g/mol. The molecular weight excluding hydrogens is 400 g/mol. The van der Waals surface area contributed by atoms with Crippen LogP contribution >= 0.6 is 0 Å². The van der Waals surface area contributed by atoms with Gasteiger partial charge in [-0.25, -0.2) is 9.97 Å². The van der Waals surface area contributed by atoms with Gasteiger partial charge in [-0.15, -0.1) is 0 Å². The number of benzene rings is 1. The van der Waals surface area contributed by atoms with Gasteiger partial charge in [0.15, 0.2) is 0 Å². The van der Waals surface area contributed by atoms with Crippen LogP contribution in [0.5, 0.6) is 0 Å². The van der Waals surface area contributed by atoms with Crippen LogP contribution in [0.15, 0.2) is 48.9 Å². The first-order valence-electron chi connectivity index (χ1n) is 11.9. The molecule has 0 unspecified atom stereocenters. The Bertz CT molecular complexity index is 1030. The van der Waals surface area contributed by atoms with Crippen molar-refractivity contribution in [3.63, 3.8) is 0 Å². The minimum absolute atomic E-state index is 0.110. The highest BCUT2D eigenvalue weighted by molar-refractivity contribution is 5.87. The van der Waals surface area contributed by atoms with E-state index in [1.807, 2.05) is 24.4 Å². The van der Waals surface area contributed by atoms with E-state index in [0.717, 1.165) is 75.1 Å². The molecule has 4 heterocycles. The molecule has 2 aromatic heterocycles. The summed E-state index contributed by atoms with van der Waals surface area (Å²) in [5.74, 6) is 1.36. The summed E-state index contributed by atoms with van der Waals surface area (Å²) >= 11 is 0. The number of hydrogen-bond acceptors (Lipinski definition) is 5. The van der Waals surface area contributed by atoms with E-state index in [1.54, 1.807) is 6.33 Å². The Hall–Kier alpha value is -2.93. The Morgan fingerprint density at radius 3 is 2.75 bits per heavy atom. The van der Waals surface area contributed by atoms with Gasteiger partial charge >= 0.3 is 0 Å². The lowest BCUT2D eigenvalue weighted by Gasteiger charge is -2.42. The number of fused-ring (bicyclic) bond motifs is 1. The second-order valence-electron chi connectivity index (χ2n) is 9.02. The molecule has 2 N–H and O–H groups in total. The molecule has 0 spiro atoms. The monoisotopic (exact) mass is 432 g/mol. The first kappa shape index (κ1) is 20.9. The lowest BCUT2D eigenvalue weighted by Crippen LogP contribution is -2.51. The Balaban J connectivity index is 1.12. The fourth-order valence-electron chi connectivity index (χ4n) is 5.22. The number of carbonyl (C=O) groups excluding carboxylic acids is 1. The van der Waals surface area contributed by atoms with Crippen molar-refractivity contribution in [2.45, 2.75) is 38.1 Å². The highest BCUT2D eigenvalue weighted by Gasteiger charge is 2.32. The zero-order valence-corrected chi connectivity index (χ0v) is 18.5. The molecule has 2 fully saturated rings. The second kappa shape index (κ2) is 9.69. The van der Waals surface area contributed by atoms with Gasteiger partial charge in [-0.1, -0.05) is 30.3 Å². The number of piperidine rings is 2. The number of nitrogens with zero attached hydrogens (tertiary/aromatic N) is 4. The third-order valence-corrected chi connectivity index (χ3v) is 6.99. The molecule has 7 heteroatoms. The first-order chi connectivity index (χ1) is 15.8. The minimum Gasteiger partial charge on any atom is -0.356 e. The van der Waals surface area contributed by atoms with E-state index < -0.39 is 0 Å². The van der Waals surface area contributed by atoms with Crippen LogP contribution in [-0.4, -0.2) is 64.5 Å². The number of aromatic amines is 1. The standard InChI is InChI=1S/C25H32N6O/c32-25(27-12-8-19-5-2-1-3-6-19)20-7-4-14-31(17-20)21-10-15-30(16-11-21)24-22-9-13-26-23(22)28-18-29-24/h1-3,5-6,9,13,18,20-21H,4,7-8,10-12,14-17H2,(H,27,32)(H,26,28,29)/t20-/m0/s1.